The zero-order chi connectivity index (χ0) is 13.8. The van der Waals surface area contributed by atoms with E-state index in [4.69, 9.17) is 20.0 Å². The molecule has 1 N–H and O–H groups in total. The highest BCUT2D eigenvalue weighted by atomic mass is 16.7. The number of hydrogen-bond acceptors (Lipinski definition) is 5. The quantitative estimate of drug-likeness (QED) is 0.756. The van der Waals surface area contributed by atoms with Gasteiger partial charge in [0.15, 0.2) is 5.79 Å². The van der Waals surface area contributed by atoms with Crippen LogP contribution in [-0.2, 0) is 14.3 Å². The Bertz CT molecular complexity index is 389. The second-order valence-electron chi connectivity index (χ2n) is 4.36. The van der Waals surface area contributed by atoms with E-state index in [1.807, 2.05) is 0 Å². The Hall–Kier alpha value is -1.63. The Balaban J connectivity index is 3.30. The second kappa shape index (κ2) is 5.34. The van der Waals surface area contributed by atoms with Crippen LogP contribution >= 0.6 is 0 Å². The number of ether oxygens (including phenoxy) is 2. The summed E-state index contributed by atoms with van der Waals surface area (Å²) in [5.41, 5.74) is -2.13. The maximum Gasteiger partial charge on any atom is 0.339 e. The minimum Gasteiger partial charge on any atom is -0.479 e. The van der Waals surface area contributed by atoms with Crippen molar-refractivity contribution in [2.75, 3.05) is 14.2 Å². The fourth-order valence-corrected chi connectivity index (χ4v) is 2.66. The van der Waals surface area contributed by atoms with Crippen molar-refractivity contribution in [2.24, 2.45) is 11.3 Å². The molecule has 0 aromatic rings. The molecule has 0 aromatic carbocycles. The molecule has 0 aromatic heterocycles. The predicted octanol–water partition coefficient (Wildman–Crippen LogP) is 1.28. The standard InChI is InChI=1S/C12H16N2O4/c1-17-12(18-2)6-4-3-5-9(12)11(7-13,8-14)10(15)16/h9H,3-6H2,1-2H3,(H,15,16). The van der Waals surface area contributed by atoms with Crippen LogP contribution in [0.2, 0.25) is 0 Å². The van der Waals surface area contributed by atoms with Gasteiger partial charge in [-0.05, 0) is 12.8 Å². The van der Waals surface area contributed by atoms with Gasteiger partial charge in [-0.3, -0.25) is 0 Å². The van der Waals surface area contributed by atoms with E-state index in [9.17, 15) is 9.90 Å². The molecule has 1 unspecified atom stereocenters. The number of methoxy groups -OCH3 is 2. The van der Waals surface area contributed by atoms with Crippen molar-refractivity contribution < 1.29 is 19.4 Å². The normalized spacial score (nSPS) is 22.8. The highest BCUT2D eigenvalue weighted by Crippen LogP contribution is 2.46. The first-order valence-corrected chi connectivity index (χ1v) is 5.69. The molecule has 18 heavy (non-hydrogen) atoms. The maximum atomic E-state index is 11.3. The van der Waals surface area contributed by atoms with Crippen molar-refractivity contribution in [2.45, 2.75) is 31.5 Å². The monoisotopic (exact) mass is 252 g/mol. The van der Waals surface area contributed by atoms with E-state index in [-0.39, 0.29) is 0 Å². The molecule has 98 valence electrons. The molecule has 1 atom stereocenters. The number of rotatable bonds is 4. The molecule has 1 aliphatic carbocycles. The minimum absolute atomic E-state index is 0.412. The highest BCUT2D eigenvalue weighted by molar-refractivity contribution is 5.82. The van der Waals surface area contributed by atoms with Crippen LogP contribution in [0.5, 0.6) is 0 Å². The number of aliphatic carboxylic acids is 1. The van der Waals surface area contributed by atoms with Crippen molar-refractivity contribution in [1.29, 1.82) is 10.5 Å². The Morgan fingerprint density at radius 3 is 2.28 bits per heavy atom. The van der Waals surface area contributed by atoms with Gasteiger partial charge < -0.3 is 14.6 Å². The molecule has 6 heteroatoms. The van der Waals surface area contributed by atoms with Crippen LogP contribution < -0.4 is 0 Å². The maximum absolute atomic E-state index is 11.3. The van der Waals surface area contributed by atoms with Gasteiger partial charge in [0.25, 0.3) is 0 Å². The van der Waals surface area contributed by atoms with Crippen molar-refractivity contribution in [3.05, 3.63) is 0 Å². The number of carboxylic acid groups (broad SMARTS) is 1. The number of carbonyl (C=O) groups is 1. The van der Waals surface area contributed by atoms with Gasteiger partial charge in [-0.15, -0.1) is 0 Å². The number of hydrogen-bond donors (Lipinski definition) is 1. The van der Waals surface area contributed by atoms with Crippen LogP contribution in [0.4, 0.5) is 0 Å². The van der Waals surface area contributed by atoms with Gasteiger partial charge in [0.05, 0.1) is 18.1 Å². The lowest BCUT2D eigenvalue weighted by Gasteiger charge is -2.44. The SMILES string of the molecule is COC1(OC)CCCCC1C(C#N)(C#N)C(=O)O. The van der Waals surface area contributed by atoms with Gasteiger partial charge in [0, 0.05) is 20.6 Å². The third-order valence-corrected chi connectivity index (χ3v) is 3.70. The Morgan fingerprint density at radius 1 is 1.33 bits per heavy atom. The molecule has 1 fully saturated rings. The lowest BCUT2D eigenvalue weighted by Crippen LogP contribution is -2.54. The van der Waals surface area contributed by atoms with Crippen LogP contribution in [0.15, 0.2) is 0 Å². The van der Waals surface area contributed by atoms with Gasteiger partial charge in [-0.2, -0.15) is 10.5 Å². The van der Waals surface area contributed by atoms with E-state index in [0.29, 0.717) is 12.8 Å². The van der Waals surface area contributed by atoms with Gasteiger partial charge >= 0.3 is 5.97 Å². The number of nitriles is 2. The van der Waals surface area contributed by atoms with Crippen LogP contribution in [-0.4, -0.2) is 31.1 Å². The molecule has 0 amide bonds. The van der Waals surface area contributed by atoms with Crippen molar-refractivity contribution in [1.82, 2.24) is 0 Å². The second-order valence-corrected chi connectivity index (χ2v) is 4.36. The van der Waals surface area contributed by atoms with Crippen molar-refractivity contribution in [3.63, 3.8) is 0 Å². The molecule has 0 spiro atoms. The summed E-state index contributed by atoms with van der Waals surface area (Å²) >= 11 is 0. The lowest BCUT2D eigenvalue weighted by atomic mass is 9.67. The van der Waals surface area contributed by atoms with Crippen LogP contribution in [0.3, 0.4) is 0 Å². The molecular formula is C12H16N2O4. The summed E-state index contributed by atoms with van der Waals surface area (Å²) in [5.74, 6) is -3.43. The van der Waals surface area contributed by atoms with E-state index in [1.54, 1.807) is 12.1 Å². The topological polar surface area (TPSA) is 103 Å². The lowest BCUT2D eigenvalue weighted by molar-refractivity contribution is -0.266. The zero-order valence-electron chi connectivity index (χ0n) is 10.5. The highest BCUT2D eigenvalue weighted by Gasteiger charge is 2.58. The molecule has 0 radical (unpaired) electrons. The Kier molecular flexibility index (Phi) is 4.28. The van der Waals surface area contributed by atoms with E-state index in [2.05, 4.69) is 0 Å². The number of nitrogens with zero attached hydrogens (tertiary/aromatic N) is 2. The average Bonchev–Trinajstić information content (AvgIpc) is 2.41. The van der Waals surface area contributed by atoms with Crippen LogP contribution in [0.1, 0.15) is 25.7 Å². The molecule has 1 aliphatic rings. The largest absolute Gasteiger partial charge is 0.479 e. The smallest absolute Gasteiger partial charge is 0.339 e. The summed E-state index contributed by atoms with van der Waals surface area (Å²) in [6.45, 7) is 0. The minimum atomic E-state index is -2.13. The predicted molar refractivity (Wildman–Crippen MR) is 60.0 cm³/mol. The molecular weight excluding hydrogens is 236 g/mol. The van der Waals surface area contributed by atoms with E-state index < -0.39 is 23.1 Å². The average molecular weight is 252 g/mol. The molecule has 6 nitrogen and oxygen atoms in total. The third kappa shape index (κ3) is 1.94. The first kappa shape index (κ1) is 14.4. The summed E-state index contributed by atoms with van der Waals surface area (Å²) in [4.78, 5) is 11.3. The molecule has 0 bridgehead atoms. The summed E-state index contributed by atoms with van der Waals surface area (Å²) < 4.78 is 10.6. The summed E-state index contributed by atoms with van der Waals surface area (Å²) in [6, 6.07) is 3.27. The third-order valence-electron chi connectivity index (χ3n) is 3.70. The van der Waals surface area contributed by atoms with Gasteiger partial charge in [0.1, 0.15) is 0 Å². The fraction of sp³-hybridized carbons (Fsp3) is 0.750. The molecule has 0 aliphatic heterocycles. The van der Waals surface area contributed by atoms with Gasteiger partial charge in [0.2, 0.25) is 5.41 Å². The van der Waals surface area contributed by atoms with Gasteiger partial charge in [-0.25, -0.2) is 4.79 Å². The summed E-state index contributed by atoms with van der Waals surface area (Å²) in [7, 11) is 2.81. The zero-order valence-corrected chi connectivity index (χ0v) is 10.5. The fourth-order valence-electron chi connectivity index (χ4n) is 2.66. The Morgan fingerprint density at radius 2 is 1.89 bits per heavy atom. The molecule has 1 rings (SSSR count). The van der Waals surface area contributed by atoms with Crippen molar-refractivity contribution in [3.8, 4) is 12.1 Å². The number of carboxylic acids is 1. The molecule has 0 saturated heterocycles. The van der Waals surface area contributed by atoms with Gasteiger partial charge in [-0.1, -0.05) is 6.42 Å². The van der Waals surface area contributed by atoms with Crippen LogP contribution in [0.25, 0.3) is 0 Å². The Labute approximate surface area is 106 Å². The summed E-state index contributed by atoms with van der Waals surface area (Å²) in [5, 5.41) is 27.6. The molecule has 0 heterocycles. The molecule has 1 saturated carbocycles. The first-order valence-electron chi connectivity index (χ1n) is 5.69. The first-order chi connectivity index (χ1) is 8.53. The van der Waals surface area contributed by atoms with Crippen LogP contribution in [0, 0.1) is 34.0 Å². The van der Waals surface area contributed by atoms with E-state index in [1.165, 1.54) is 14.2 Å². The summed E-state index contributed by atoms with van der Waals surface area (Å²) in [6.07, 6.45) is 2.44. The van der Waals surface area contributed by atoms with E-state index >= 15 is 0 Å². The van der Waals surface area contributed by atoms with E-state index in [0.717, 1.165) is 12.8 Å². The van der Waals surface area contributed by atoms with Crippen molar-refractivity contribution >= 4 is 5.97 Å².